The Bertz CT molecular complexity index is 899. The molecular weight excluding hydrogens is 374 g/mol. The van der Waals surface area contributed by atoms with Crippen molar-refractivity contribution < 1.29 is 28.6 Å². The molecular formula is C22H27NO6. The third-order valence-electron chi connectivity index (χ3n) is 4.41. The molecule has 0 aliphatic carbocycles. The fraction of sp³-hybridized carbons (Fsp3) is 0.409. The van der Waals surface area contributed by atoms with E-state index < -0.39 is 23.8 Å². The molecule has 2 aromatic rings. The average Bonchev–Trinajstić information content (AvgIpc) is 2.95. The van der Waals surface area contributed by atoms with Crippen LogP contribution in [0.1, 0.15) is 57.9 Å². The minimum atomic E-state index is -0.992. The van der Waals surface area contributed by atoms with E-state index in [1.807, 2.05) is 31.2 Å². The number of esters is 2. The van der Waals surface area contributed by atoms with E-state index >= 15 is 0 Å². The molecule has 0 aliphatic rings. The zero-order valence-corrected chi connectivity index (χ0v) is 17.5. The summed E-state index contributed by atoms with van der Waals surface area (Å²) >= 11 is 0. The van der Waals surface area contributed by atoms with Gasteiger partial charge >= 0.3 is 11.9 Å². The molecule has 2 rings (SSSR count). The molecule has 156 valence electrons. The van der Waals surface area contributed by atoms with Gasteiger partial charge in [0.25, 0.3) is 0 Å². The lowest BCUT2D eigenvalue weighted by atomic mass is 10.1. The molecule has 0 amide bonds. The number of ketones is 1. The number of hydrogen-bond acceptors (Lipinski definition) is 6. The number of aromatic amines is 1. The lowest BCUT2D eigenvalue weighted by Gasteiger charge is -2.13. The van der Waals surface area contributed by atoms with Crippen LogP contribution in [-0.4, -0.2) is 42.0 Å². The van der Waals surface area contributed by atoms with Gasteiger partial charge in [-0.2, -0.15) is 0 Å². The van der Waals surface area contributed by atoms with Gasteiger partial charge in [-0.3, -0.25) is 9.59 Å². The van der Waals surface area contributed by atoms with Crippen molar-refractivity contribution in [3.8, 4) is 5.75 Å². The predicted molar refractivity (Wildman–Crippen MR) is 107 cm³/mol. The highest BCUT2D eigenvalue weighted by atomic mass is 16.5. The molecule has 29 heavy (non-hydrogen) atoms. The summed E-state index contributed by atoms with van der Waals surface area (Å²) in [4.78, 5) is 39.7. The van der Waals surface area contributed by atoms with E-state index in [0.717, 1.165) is 5.56 Å². The summed E-state index contributed by atoms with van der Waals surface area (Å²) in [5.41, 5.74) is 2.65. The lowest BCUT2D eigenvalue weighted by molar-refractivity contribution is -0.146. The molecule has 1 heterocycles. The number of rotatable bonds is 9. The number of aryl methyl sites for hydroxylation is 2. The van der Waals surface area contributed by atoms with Crippen LogP contribution in [0.2, 0.25) is 0 Å². The lowest BCUT2D eigenvalue weighted by Crippen LogP contribution is -2.26. The van der Waals surface area contributed by atoms with E-state index in [1.54, 1.807) is 20.8 Å². The minimum absolute atomic E-state index is 0.0162. The molecule has 0 spiro atoms. The van der Waals surface area contributed by atoms with Crippen molar-refractivity contribution in [2.24, 2.45) is 0 Å². The minimum Gasteiger partial charge on any atom is -0.493 e. The van der Waals surface area contributed by atoms with Crippen LogP contribution < -0.4 is 4.74 Å². The van der Waals surface area contributed by atoms with E-state index in [-0.39, 0.29) is 25.3 Å². The largest absolute Gasteiger partial charge is 0.493 e. The van der Waals surface area contributed by atoms with E-state index in [2.05, 4.69) is 4.98 Å². The van der Waals surface area contributed by atoms with Crippen molar-refractivity contribution in [2.45, 2.75) is 47.1 Å². The molecule has 7 heteroatoms. The van der Waals surface area contributed by atoms with Crippen LogP contribution in [0.5, 0.6) is 5.75 Å². The van der Waals surface area contributed by atoms with Crippen molar-refractivity contribution in [1.82, 2.24) is 4.98 Å². The second-order valence-electron chi connectivity index (χ2n) is 6.76. The van der Waals surface area contributed by atoms with E-state index in [9.17, 15) is 14.4 Å². The molecule has 0 saturated carbocycles. The van der Waals surface area contributed by atoms with Crippen LogP contribution in [0.15, 0.2) is 24.3 Å². The van der Waals surface area contributed by atoms with Crippen LogP contribution in [0.4, 0.5) is 0 Å². The predicted octanol–water partition coefficient (Wildman–Crippen LogP) is 3.70. The van der Waals surface area contributed by atoms with Crippen molar-refractivity contribution in [1.29, 1.82) is 0 Å². The van der Waals surface area contributed by atoms with Gasteiger partial charge in [-0.15, -0.1) is 0 Å². The molecule has 1 aromatic heterocycles. The Kier molecular flexibility index (Phi) is 7.59. The summed E-state index contributed by atoms with van der Waals surface area (Å²) in [6.07, 6.45) is -0.976. The highest BCUT2D eigenvalue weighted by Crippen LogP contribution is 2.21. The monoisotopic (exact) mass is 401 g/mol. The second kappa shape index (κ2) is 9.91. The SMILES string of the molecule is CCOC(=O)c1c(C)[nH]c(C(=O)[C@H](C)OC(=O)CCOc2cccc(C)c2)c1C. The zero-order chi connectivity index (χ0) is 21.6. The van der Waals surface area contributed by atoms with E-state index in [0.29, 0.717) is 22.6 Å². The molecule has 0 radical (unpaired) electrons. The summed E-state index contributed by atoms with van der Waals surface area (Å²) in [5, 5.41) is 0. The Morgan fingerprint density at radius 2 is 1.86 bits per heavy atom. The Hall–Kier alpha value is -3.09. The molecule has 7 nitrogen and oxygen atoms in total. The molecule has 0 aliphatic heterocycles. The van der Waals surface area contributed by atoms with Crippen molar-refractivity contribution in [3.63, 3.8) is 0 Å². The number of ether oxygens (including phenoxy) is 3. The smallest absolute Gasteiger partial charge is 0.340 e. The van der Waals surface area contributed by atoms with Gasteiger partial charge < -0.3 is 19.2 Å². The van der Waals surface area contributed by atoms with Gasteiger partial charge in [-0.1, -0.05) is 12.1 Å². The number of aromatic nitrogens is 1. The van der Waals surface area contributed by atoms with Crippen LogP contribution in [0, 0.1) is 20.8 Å². The number of carbonyl (C=O) groups is 3. The average molecular weight is 401 g/mol. The third kappa shape index (κ3) is 5.70. The standard InChI is InChI=1S/C22H27NO6/c1-6-27-22(26)19-14(3)20(23-15(19)4)21(25)16(5)29-18(24)10-11-28-17-9-7-8-13(2)12-17/h7-9,12,16,23H,6,10-11H2,1-5H3/t16-/m0/s1. The fourth-order valence-corrected chi connectivity index (χ4v) is 2.98. The molecule has 1 atom stereocenters. The summed E-state index contributed by atoms with van der Waals surface area (Å²) in [7, 11) is 0. The van der Waals surface area contributed by atoms with Gasteiger partial charge in [0.2, 0.25) is 5.78 Å². The van der Waals surface area contributed by atoms with Crippen LogP contribution in [0.3, 0.4) is 0 Å². The summed E-state index contributed by atoms with van der Waals surface area (Å²) in [5.74, 6) is -0.763. The second-order valence-corrected chi connectivity index (χ2v) is 6.76. The fourth-order valence-electron chi connectivity index (χ4n) is 2.98. The van der Waals surface area contributed by atoms with Gasteiger partial charge in [0, 0.05) is 5.69 Å². The third-order valence-corrected chi connectivity index (χ3v) is 4.41. The number of carbonyl (C=O) groups excluding carboxylic acids is 3. The molecule has 0 fully saturated rings. The van der Waals surface area contributed by atoms with Crippen molar-refractivity contribution >= 4 is 17.7 Å². The van der Waals surface area contributed by atoms with E-state index in [1.165, 1.54) is 6.92 Å². The number of H-pyrrole nitrogens is 1. The Morgan fingerprint density at radius 3 is 2.52 bits per heavy atom. The van der Waals surface area contributed by atoms with Gasteiger partial charge in [-0.05, 0) is 57.9 Å². The first kappa shape index (κ1) is 22.2. The topological polar surface area (TPSA) is 94.7 Å². The van der Waals surface area contributed by atoms with Crippen LogP contribution in [0.25, 0.3) is 0 Å². The zero-order valence-electron chi connectivity index (χ0n) is 17.5. The molecule has 0 bridgehead atoms. The van der Waals surface area contributed by atoms with Gasteiger partial charge in [-0.25, -0.2) is 4.79 Å². The maximum absolute atomic E-state index is 12.7. The summed E-state index contributed by atoms with van der Waals surface area (Å²) in [6, 6.07) is 7.50. The van der Waals surface area contributed by atoms with Crippen molar-refractivity contribution in [2.75, 3.05) is 13.2 Å². The van der Waals surface area contributed by atoms with Gasteiger partial charge in [0.15, 0.2) is 6.10 Å². The number of nitrogens with one attached hydrogen (secondary N) is 1. The van der Waals surface area contributed by atoms with Crippen LogP contribution >= 0.6 is 0 Å². The normalized spacial score (nSPS) is 11.6. The first-order valence-electron chi connectivity index (χ1n) is 9.54. The summed E-state index contributed by atoms with van der Waals surface area (Å²) in [6.45, 7) is 8.91. The van der Waals surface area contributed by atoms with Gasteiger partial charge in [0.1, 0.15) is 5.75 Å². The first-order chi connectivity index (χ1) is 13.7. The molecule has 1 N–H and O–H groups in total. The highest BCUT2D eigenvalue weighted by Gasteiger charge is 2.27. The van der Waals surface area contributed by atoms with Crippen LogP contribution in [-0.2, 0) is 14.3 Å². The number of hydrogen-bond donors (Lipinski definition) is 1. The molecule has 1 aromatic carbocycles. The van der Waals surface area contributed by atoms with Gasteiger partial charge in [0.05, 0.1) is 30.9 Å². The quantitative estimate of drug-likeness (QED) is 0.509. The van der Waals surface area contributed by atoms with E-state index in [4.69, 9.17) is 14.2 Å². The maximum atomic E-state index is 12.7. The maximum Gasteiger partial charge on any atom is 0.340 e. The number of benzene rings is 1. The Balaban J connectivity index is 1.93. The van der Waals surface area contributed by atoms with Crippen molar-refractivity contribution in [3.05, 3.63) is 52.3 Å². The molecule has 0 saturated heterocycles. The summed E-state index contributed by atoms with van der Waals surface area (Å²) < 4.78 is 15.8. The number of Topliss-reactive ketones (excluding diaryl/α,β-unsaturated/α-hetero) is 1. The molecule has 0 unspecified atom stereocenters. The highest BCUT2D eigenvalue weighted by molar-refractivity contribution is 6.03. The Labute approximate surface area is 170 Å². The Morgan fingerprint density at radius 1 is 1.14 bits per heavy atom. The first-order valence-corrected chi connectivity index (χ1v) is 9.54.